The molecule has 2 aromatic rings. The molecular formula is C16H21N3O2S3. The summed E-state index contributed by atoms with van der Waals surface area (Å²) >= 11 is 4.56. The minimum Gasteiger partial charge on any atom is -0.493 e. The van der Waals surface area contributed by atoms with Gasteiger partial charge in [0.15, 0.2) is 8.68 Å². The lowest BCUT2D eigenvalue weighted by molar-refractivity contribution is -0.118. The molecule has 0 saturated heterocycles. The number of nitrogens with one attached hydrogen (secondary N) is 1. The van der Waals surface area contributed by atoms with Crippen LogP contribution in [0, 0.1) is 6.92 Å². The molecule has 0 unspecified atom stereocenters. The molecule has 1 aromatic carbocycles. The molecule has 0 atom stereocenters. The predicted octanol–water partition coefficient (Wildman–Crippen LogP) is 3.64. The average Bonchev–Trinajstić information content (AvgIpc) is 3.03. The monoisotopic (exact) mass is 383 g/mol. The highest BCUT2D eigenvalue weighted by Gasteiger charge is 2.08. The smallest absolute Gasteiger partial charge is 0.230 e. The molecule has 1 amide bonds. The van der Waals surface area contributed by atoms with Crippen molar-refractivity contribution < 1.29 is 9.53 Å². The molecule has 2 rings (SSSR count). The maximum absolute atomic E-state index is 11.6. The number of ether oxygens (including phenoxy) is 1. The van der Waals surface area contributed by atoms with Gasteiger partial charge in [0.2, 0.25) is 5.91 Å². The Hall–Kier alpha value is -1.25. The van der Waals surface area contributed by atoms with Gasteiger partial charge in [-0.3, -0.25) is 4.79 Å². The molecule has 0 bridgehead atoms. The highest BCUT2D eigenvalue weighted by molar-refractivity contribution is 8.03. The first-order valence-corrected chi connectivity index (χ1v) is 10.5. The number of amides is 1. The van der Waals surface area contributed by atoms with E-state index in [1.54, 1.807) is 11.8 Å². The topological polar surface area (TPSA) is 64.1 Å². The summed E-state index contributed by atoms with van der Waals surface area (Å²) in [6.45, 7) is 5.42. The minimum absolute atomic E-state index is 0.0396. The fourth-order valence-electron chi connectivity index (χ4n) is 1.75. The second kappa shape index (κ2) is 10.6. The van der Waals surface area contributed by atoms with E-state index in [1.807, 2.05) is 38.1 Å². The van der Waals surface area contributed by atoms with Gasteiger partial charge >= 0.3 is 0 Å². The lowest BCUT2D eigenvalue weighted by Gasteiger charge is -2.05. The number of hydrogen-bond donors (Lipinski definition) is 1. The van der Waals surface area contributed by atoms with Crippen molar-refractivity contribution in [3.8, 4) is 5.75 Å². The number of hydrogen-bond acceptors (Lipinski definition) is 7. The van der Waals surface area contributed by atoms with Crippen LogP contribution in [0.25, 0.3) is 0 Å². The van der Waals surface area contributed by atoms with E-state index >= 15 is 0 Å². The Balaban J connectivity index is 1.65. The quantitative estimate of drug-likeness (QED) is 0.499. The Labute approximate surface area is 155 Å². The van der Waals surface area contributed by atoms with Crippen molar-refractivity contribution >= 4 is 40.8 Å². The molecule has 0 aliphatic heterocycles. The summed E-state index contributed by atoms with van der Waals surface area (Å²) in [4.78, 5) is 11.6. The Morgan fingerprint density at radius 2 is 2.08 bits per heavy atom. The van der Waals surface area contributed by atoms with Gasteiger partial charge in [0.1, 0.15) is 5.75 Å². The minimum atomic E-state index is 0.0396. The van der Waals surface area contributed by atoms with Gasteiger partial charge < -0.3 is 10.1 Å². The maximum Gasteiger partial charge on any atom is 0.230 e. The zero-order valence-corrected chi connectivity index (χ0v) is 16.2. The molecule has 1 aromatic heterocycles. The number of carbonyl (C=O) groups excluding carboxylic acids is 1. The van der Waals surface area contributed by atoms with Crippen molar-refractivity contribution in [3.05, 3.63) is 29.8 Å². The Bertz CT molecular complexity index is 649. The predicted molar refractivity (Wildman–Crippen MR) is 101 cm³/mol. The van der Waals surface area contributed by atoms with Crippen molar-refractivity contribution in [2.75, 3.05) is 24.7 Å². The van der Waals surface area contributed by atoms with Crippen molar-refractivity contribution in [1.29, 1.82) is 0 Å². The van der Waals surface area contributed by atoms with Crippen molar-refractivity contribution in [2.24, 2.45) is 0 Å². The van der Waals surface area contributed by atoms with Gasteiger partial charge in [-0.15, -0.1) is 10.2 Å². The fourth-order valence-corrected chi connectivity index (χ4v) is 4.49. The van der Waals surface area contributed by atoms with Gasteiger partial charge in [-0.1, -0.05) is 53.9 Å². The van der Waals surface area contributed by atoms with Crippen LogP contribution in [-0.2, 0) is 4.79 Å². The summed E-state index contributed by atoms with van der Waals surface area (Å²) in [6.07, 6.45) is 0.945. The zero-order valence-electron chi connectivity index (χ0n) is 13.8. The third-order valence-electron chi connectivity index (χ3n) is 2.85. The van der Waals surface area contributed by atoms with Crippen LogP contribution >= 0.6 is 34.9 Å². The van der Waals surface area contributed by atoms with Crippen LogP contribution in [0.15, 0.2) is 32.9 Å². The molecule has 8 heteroatoms. The molecule has 0 aliphatic rings. The van der Waals surface area contributed by atoms with E-state index in [0.717, 1.165) is 33.1 Å². The largest absolute Gasteiger partial charge is 0.493 e. The Morgan fingerprint density at radius 3 is 2.83 bits per heavy atom. The lowest BCUT2D eigenvalue weighted by atomic mass is 10.2. The SMILES string of the molecule is CCCNC(=O)CSc1nnc(SCCOc2cccc(C)c2)s1. The van der Waals surface area contributed by atoms with E-state index in [9.17, 15) is 4.79 Å². The highest BCUT2D eigenvalue weighted by Crippen LogP contribution is 2.28. The first-order chi connectivity index (χ1) is 11.7. The second-order valence-corrected chi connectivity index (χ2v) is 8.53. The van der Waals surface area contributed by atoms with Crippen LogP contribution in [-0.4, -0.2) is 40.8 Å². The molecule has 0 fully saturated rings. The standard InChI is InChI=1S/C16H21N3O2S3/c1-3-7-17-14(20)11-23-16-19-18-15(24-16)22-9-8-21-13-6-4-5-12(2)10-13/h4-6,10H,3,7-9,11H2,1-2H3,(H,17,20). The molecule has 0 spiro atoms. The Kier molecular flexibility index (Phi) is 8.41. The highest BCUT2D eigenvalue weighted by atomic mass is 32.2. The number of rotatable bonds is 10. The number of benzene rings is 1. The van der Waals surface area contributed by atoms with Crippen LogP contribution in [0.4, 0.5) is 0 Å². The number of nitrogens with zero attached hydrogens (tertiary/aromatic N) is 2. The maximum atomic E-state index is 11.6. The molecule has 5 nitrogen and oxygen atoms in total. The summed E-state index contributed by atoms with van der Waals surface area (Å²) in [5, 5.41) is 11.1. The van der Waals surface area contributed by atoms with Gasteiger partial charge in [-0.05, 0) is 31.0 Å². The number of thioether (sulfide) groups is 2. The average molecular weight is 384 g/mol. The van der Waals surface area contributed by atoms with E-state index in [4.69, 9.17) is 4.74 Å². The summed E-state index contributed by atoms with van der Waals surface area (Å²) in [6, 6.07) is 8.02. The summed E-state index contributed by atoms with van der Waals surface area (Å²) in [7, 11) is 0. The molecule has 0 saturated carbocycles. The summed E-state index contributed by atoms with van der Waals surface area (Å²) in [5.41, 5.74) is 1.19. The van der Waals surface area contributed by atoms with Gasteiger partial charge in [-0.25, -0.2) is 0 Å². The van der Waals surface area contributed by atoms with Gasteiger partial charge in [-0.2, -0.15) is 0 Å². The molecule has 0 aliphatic carbocycles. The molecular weight excluding hydrogens is 362 g/mol. The van der Waals surface area contributed by atoms with Crippen molar-refractivity contribution in [2.45, 2.75) is 28.9 Å². The van der Waals surface area contributed by atoms with Gasteiger partial charge in [0.05, 0.1) is 12.4 Å². The molecule has 1 heterocycles. The van der Waals surface area contributed by atoms with Crippen LogP contribution in [0.3, 0.4) is 0 Å². The first kappa shape index (κ1) is 19.1. The van der Waals surface area contributed by atoms with Crippen LogP contribution in [0.5, 0.6) is 5.75 Å². The van der Waals surface area contributed by atoms with E-state index in [1.165, 1.54) is 28.7 Å². The van der Waals surface area contributed by atoms with Gasteiger partial charge in [0.25, 0.3) is 0 Å². The molecule has 0 radical (unpaired) electrons. The third kappa shape index (κ3) is 7.11. The van der Waals surface area contributed by atoms with E-state index in [0.29, 0.717) is 12.4 Å². The summed E-state index contributed by atoms with van der Waals surface area (Å²) in [5.74, 6) is 2.13. The lowest BCUT2D eigenvalue weighted by Crippen LogP contribution is -2.25. The van der Waals surface area contributed by atoms with Crippen molar-refractivity contribution in [3.63, 3.8) is 0 Å². The Morgan fingerprint density at radius 1 is 1.29 bits per heavy atom. The first-order valence-electron chi connectivity index (χ1n) is 7.72. The molecule has 130 valence electrons. The number of carbonyl (C=O) groups is 1. The van der Waals surface area contributed by atoms with E-state index in [2.05, 4.69) is 15.5 Å². The van der Waals surface area contributed by atoms with Crippen molar-refractivity contribution in [1.82, 2.24) is 15.5 Å². The fraction of sp³-hybridized carbons (Fsp3) is 0.438. The normalized spacial score (nSPS) is 10.6. The van der Waals surface area contributed by atoms with Crippen LogP contribution in [0.1, 0.15) is 18.9 Å². The summed E-state index contributed by atoms with van der Waals surface area (Å²) < 4.78 is 7.43. The second-order valence-electron chi connectivity index (χ2n) is 4.99. The number of aromatic nitrogens is 2. The zero-order chi connectivity index (χ0) is 17.2. The molecule has 1 N–H and O–H groups in total. The van der Waals surface area contributed by atoms with Crippen LogP contribution < -0.4 is 10.1 Å². The molecule has 24 heavy (non-hydrogen) atoms. The van der Waals surface area contributed by atoms with E-state index < -0.39 is 0 Å². The van der Waals surface area contributed by atoms with Crippen LogP contribution in [0.2, 0.25) is 0 Å². The number of aryl methyl sites for hydroxylation is 1. The third-order valence-corrected chi connectivity index (χ3v) is 6.01. The van der Waals surface area contributed by atoms with E-state index in [-0.39, 0.29) is 5.91 Å². The van der Waals surface area contributed by atoms with Gasteiger partial charge in [0, 0.05) is 12.3 Å².